The van der Waals surface area contributed by atoms with Gasteiger partial charge >= 0.3 is 0 Å². The van der Waals surface area contributed by atoms with Crippen molar-refractivity contribution >= 4 is 28.5 Å². The molecule has 0 aliphatic carbocycles. The summed E-state index contributed by atoms with van der Waals surface area (Å²) in [5.74, 6) is 1.93. The van der Waals surface area contributed by atoms with E-state index in [1.165, 1.54) is 14.2 Å². The van der Waals surface area contributed by atoms with Crippen LogP contribution in [0.5, 0.6) is 11.5 Å². The summed E-state index contributed by atoms with van der Waals surface area (Å²) < 4.78 is 10.6. The van der Waals surface area contributed by atoms with Crippen molar-refractivity contribution in [2.24, 2.45) is 0 Å². The van der Waals surface area contributed by atoms with E-state index in [9.17, 15) is 4.79 Å². The summed E-state index contributed by atoms with van der Waals surface area (Å²) in [5.41, 5.74) is 2.47. The van der Waals surface area contributed by atoms with E-state index in [-0.39, 0.29) is 11.8 Å². The number of aromatic nitrogens is 2. The molecule has 1 amide bonds. The van der Waals surface area contributed by atoms with E-state index in [4.69, 9.17) is 26.1 Å². The maximum absolute atomic E-state index is 13.1. The molecular weight excluding hydrogens is 378 g/mol. The van der Waals surface area contributed by atoms with Crippen LogP contribution < -0.4 is 9.47 Å². The summed E-state index contributed by atoms with van der Waals surface area (Å²) in [6.45, 7) is 1.33. The Labute approximate surface area is 168 Å². The van der Waals surface area contributed by atoms with Gasteiger partial charge in [0, 0.05) is 24.6 Å². The molecule has 1 aliphatic heterocycles. The highest BCUT2D eigenvalue weighted by atomic mass is 35.5. The lowest BCUT2D eigenvalue weighted by Crippen LogP contribution is -2.39. The molecular formula is C21H22ClN3O3. The number of nitrogens with zero attached hydrogens (tertiary/aromatic N) is 2. The second kappa shape index (κ2) is 7.72. The molecule has 0 unspecified atom stereocenters. The Morgan fingerprint density at radius 3 is 2.82 bits per heavy atom. The molecule has 146 valence electrons. The van der Waals surface area contributed by atoms with Gasteiger partial charge in [0.1, 0.15) is 5.82 Å². The van der Waals surface area contributed by atoms with Crippen molar-refractivity contribution in [3.05, 3.63) is 52.8 Å². The SMILES string of the molecule is COc1cc(C(=O)N2CCC[C@@H](c3nc4ccccc4[nH]3)C2)cc(Cl)c1OC. The van der Waals surface area contributed by atoms with Crippen LogP contribution in [-0.2, 0) is 0 Å². The number of benzene rings is 2. The Bertz CT molecular complexity index is 984. The number of hydrogen-bond acceptors (Lipinski definition) is 4. The summed E-state index contributed by atoms with van der Waals surface area (Å²) in [4.78, 5) is 23.1. The van der Waals surface area contributed by atoms with Gasteiger partial charge in [-0.25, -0.2) is 4.98 Å². The van der Waals surface area contributed by atoms with Crippen LogP contribution >= 0.6 is 11.6 Å². The normalized spacial score (nSPS) is 17.0. The minimum absolute atomic E-state index is 0.0661. The number of nitrogens with one attached hydrogen (secondary N) is 1. The lowest BCUT2D eigenvalue weighted by atomic mass is 9.96. The Morgan fingerprint density at radius 2 is 2.07 bits per heavy atom. The number of carbonyl (C=O) groups excluding carboxylic acids is 1. The number of para-hydroxylation sites is 2. The molecule has 0 bridgehead atoms. The molecule has 6 nitrogen and oxygen atoms in total. The highest BCUT2D eigenvalue weighted by Crippen LogP contribution is 2.37. The molecule has 4 rings (SSSR count). The second-order valence-electron chi connectivity index (χ2n) is 6.92. The van der Waals surface area contributed by atoms with E-state index >= 15 is 0 Å². The van der Waals surface area contributed by atoms with Gasteiger partial charge < -0.3 is 19.4 Å². The molecule has 1 N–H and O–H groups in total. The van der Waals surface area contributed by atoms with Crippen molar-refractivity contribution in [1.82, 2.24) is 14.9 Å². The van der Waals surface area contributed by atoms with Gasteiger partial charge in [0.25, 0.3) is 5.91 Å². The molecule has 1 atom stereocenters. The fourth-order valence-corrected chi connectivity index (χ4v) is 4.06. The fraction of sp³-hybridized carbons (Fsp3) is 0.333. The van der Waals surface area contributed by atoms with Gasteiger partial charge in [0.15, 0.2) is 11.5 Å². The van der Waals surface area contributed by atoms with Crippen LogP contribution in [0.2, 0.25) is 5.02 Å². The molecule has 28 heavy (non-hydrogen) atoms. The van der Waals surface area contributed by atoms with Crippen LogP contribution in [0, 0.1) is 0 Å². The Hall–Kier alpha value is -2.73. The van der Waals surface area contributed by atoms with Crippen molar-refractivity contribution in [3.63, 3.8) is 0 Å². The van der Waals surface area contributed by atoms with Gasteiger partial charge in [-0.05, 0) is 37.1 Å². The zero-order chi connectivity index (χ0) is 19.7. The van der Waals surface area contributed by atoms with E-state index in [1.807, 2.05) is 29.2 Å². The third kappa shape index (κ3) is 3.40. The van der Waals surface area contributed by atoms with Crippen LogP contribution in [0.15, 0.2) is 36.4 Å². The Morgan fingerprint density at radius 1 is 1.25 bits per heavy atom. The van der Waals surface area contributed by atoms with E-state index in [0.717, 1.165) is 29.7 Å². The van der Waals surface area contributed by atoms with Crippen LogP contribution in [0.4, 0.5) is 0 Å². The number of halogens is 1. The predicted octanol–water partition coefficient (Wildman–Crippen LogP) is 4.25. The number of imidazole rings is 1. The average Bonchev–Trinajstić information content (AvgIpc) is 3.17. The van der Waals surface area contributed by atoms with Crippen molar-refractivity contribution in [1.29, 1.82) is 0 Å². The van der Waals surface area contributed by atoms with E-state index in [2.05, 4.69) is 4.98 Å². The highest BCUT2D eigenvalue weighted by molar-refractivity contribution is 6.32. The number of piperidine rings is 1. The summed E-state index contributed by atoms with van der Waals surface area (Å²) in [7, 11) is 3.05. The van der Waals surface area contributed by atoms with Gasteiger partial charge in [0.2, 0.25) is 0 Å². The number of carbonyl (C=O) groups is 1. The number of ether oxygens (including phenoxy) is 2. The topological polar surface area (TPSA) is 67.5 Å². The summed E-state index contributed by atoms with van der Waals surface area (Å²) in [6, 6.07) is 11.3. The number of H-pyrrole nitrogens is 1. The van der Waals surface area contributed by atoms with Gasteiger partial charge in [-0.3, -0.25) is 4.79 Å². The zero-order valence-corrected chi connectivity index (χ0v) is 16.6. The van der Waals surface area contributed by atoms with Gasteiger partial charge in [-0.1, -0.05) is 23.7 Å². The molecule has 2 aromatic carbocycles. The Kier molecular flexibility index (Phi) is 5.13. The standard InChI is InChI=1S/C21H22ClN3O3/c1-27-18-11-14(10-15(22)19(18)28-2)21(26)25-9-5-6-13(12-25)20-23-16-7-3-4-8-17(16)24-20/h3-4,7-8,10-11,13H,5-6,9,12H2,1-2H3,(H,23,24)/t13-/m1/s1. The minimum Gasteiger partial charge on any atom is -0.493 e. The largest absolute Gasteiger partial charge is 0.493 e. The molecule has 1 aliphatic rings. The Balaban J connectivity index is 1.57. The first-order chi connectivity index (χ1) is 13.6. The summed E-state index contributed by atoms with van der Waals surface area (Å²) in [6.07, 6.45) is 1.92. The summed E-state index contributed by atoms with van der Waals surface area (Å²) >= 11 is 6.28. The maximum Gasteiger partial charge on any atom is 0.254 e. The molecule has 0 radical (unpaired) electrons. The molecule has 2 heterocycles. The average molecular weight is 400 g/mol. The first-order valence-corrected chi connectivity index (χ1v) is 9.64. The van der Waals surface area contributed by atoms with Crippen LogP contribution in [0.25, 0.3) is 11.0 Å². The second-order valence-corrected chi connectivity index (χ2v) is 7.33. The molecule has 1 saturated heterocycles. The van der Waals surface area contributed by atoms with Crippen LogP contribution in [-0.4, -0.2) is 48.1 Å². The quantitative estimate of drug-likeness (QED) is 0.712. The number of hydrogen-bond donors (Lipinski definition) is 1. The molecule has 7 heteroatoms. The van der Waals surface area contributed by atoms with E-state index in [1.54, 1.807) is 12.1 Å². The van der Waals surface area contributed by atoms with E-state index in [0.29, 0.717) is 35.2 Å². The highest BCUT2D eigenvalue weighted by Gasteiger charge is 2.28. The third-order valence-electron chi connectivity index (χ3n) is 5.18. The molecule has 1 fully saturated rings. The molecule has 0 spiro atoms. The van der Waals surface area contributed by atoms with Gasteiger partial charge in [0.05, 0.1) is 30.3 Å². The molecule has 1 aromatic heterocycles. The van der Waals surface area contributed by atoms with Crippen molar-refractivity contribution in [2.75, 3.05) is 27.3 Å². The maximum atomic E-state index is 13.1. The van der Waals surface area contributed by atoms with Crippen molar-refractivity contribution in [2.45, 2.75) is 18.8 Å². The van der Waals surface area contributed by atoms with E-state index < -0.39 is 0 Å². The number of likely N-dealkylation sites (tertiary alicyclic amines) is 1. The van der Waals surface area contributed by atoms with Gasteiger partial charge in [-0.15, -0.1) is 0 Å². The van der Waals surface area contributed by atoms with Gasteiger partial charge in [-0.2, -0.15) is 0 Å². The molecule has 3 aromatic rings. The number of amides is 1. The lowest BCUT2D eigenvalue weighted by molar-refractivity contribution is 0.0704. The number of methoxy groups -OCH3 is 2. The lowest BCUT2D eigenvalue weighted by Gasteiger charge is -2.32. The minimum atomic E-state index is -0.0661. The smallest absolute Gasteiger partial charge is 0.254 e. The van der Waals surface area contributed by atoms with Crippen LogP contribution in [0.3, 0.4) is 0 Å². The van der Waals surface area contributed by atoms with Crippen LogP contribution in [0.1, 0.15) is 34.9 Å². The first-order valence-electron chi connectivity index (χ1n) is 9.26. The summed E-state index contributed by atoms with van der Waals surface area (Å²) in [5, 5.41) is 0.357. The third-order valence-corrected chi connectivity index (χ3v) is 5.46. The van der Waals surface area contributed by atoms with Crippen molar-refractivity contribution in [3.8, 4) is 11.5 Å². The number of fused-ring (bicyclic) bond motifs is 1. The monoisotopic (exact) mass is 399 g/mol. The molecule has 0 saturated carbocycles. The zero-order valence-electron chi connectivity index (χ0n) is 15.9. The first kappa shape index (κ1) is 18.6. The van der Waals surface area contributed by atoms with Crippen molar-refractivity contribution < 1.29 is 14.3 Å². The number of rotatable bonds is 4. The fourth-order valence-electron chi connectivity index (χ4n) is 3.77. The number of aromatic amines is 1. The predicted molar refractivity (Wildman–Crippen MR) is 109 cm³/mol.